The van der Waals surface area contributed by atoms with Gasteiger partial charge in [-0.25, -0.2) is 8.42 Å². The third-order valence-corrected chi connectivity index (χ3v) is 6.72. The molecule has 0 aliphatic carbocycles. The van der Waals surface area contributed by atoms with Crippen molar-refractivity contribution >= 4 is 39.8 Å². The fourth-order valence-corrected chi connectivity index (χ4v) is 4.53. The zero-order valence-electron chi connectivity index (χ0n) is 19.0. The number of nitrogens with zero attached hydrogens (tertiary/aromatic N) is 2. The van der Waals surface area contributed by atoms with Crippen molar-refractivity contribution in [3.63, 3.8) is 0 Å². The van der Waals surface area contributed by atoms with E-state index in [1.54, 1.807) is 12.1 Å². The highest BCUT2D eigenvalue weighted by Crippen LogP contribution is 2.20. The van der Waals surface area contributed by atoms with Gasteiger partial charge in [-0.2, -0.15) is 0 Å². The van der Waals surface area contributed by atoms with Crippen molar-refractivity contribution in [2.75, 3.05) is 32.4 Å². The maximum atomic E-state index is 11.6. The van der Waals surface area contributed by atoms with E-state index in [9.17, 15) is 8.42 Å². The Morgan fingerprint density at radius 3 is 2.44 bits per heavy atom. The molecule has 1 unspecified atom stereocenters. The number of guanidine groups is 1. The van der Waals surface area contributed by atoms with Gasteiger partial charge in [0, 0.05) is 31.9 Å². The molecule has 0 bridgehead atoms. The minimum atomic E-state index is -3.15. The number of hydrogen-bond donors (Lipinski definition) is 2. The fraction of sp³-hybridized carbons (Fsp3) is 0.458. The lowest BCUT2D eigenvalue weighted by Gasteiger charge is -2.23. The predicted molar refractivity (Wildman–Crippen MR) is 143 cm³/mol. The Hall–Kier alpha value is -1.65. The van der Waals surface area contributed by atoms with E-state index in [2.05, 4.69) is 52.8 Å². The van der Waals surface area contributed by atoms with Crippen molar-refractivity contribution in [2.24, 2.45) is 4.99 Å². The van der Waals surface area contributed by atoms with Crippen LogP contribution < -0.4 is 10.6 Å². The van der Waals surface area contributed by atoms with Gasteiger partial charge in [-0.15, -0.1) is 24.0 Å². The first kappa shape index (κ1) is 26.6. The van der Waals surface area contributed by atoms with Crippen LogP contribution in [0, 0.1) is 0 Å². The van der Waals surface area contributed by atoms with Crippen molar-refractivity contribution in [3.8, 4) is 0 Å². The minimum Gasteiger partial charge on any atom is -0.357 e. The van der Waals surface area contributed by atoms with Crippen LogP contribution in [0.5, 0.6) is 0 Å². The van der Waals surface area contributed by atoms with Crippen molar-refractivity contribution in [2.45, 2.75) is 43.7 Å². The molecule has 3 rings (SSSR count). The van der Waals surface area contributed by atoms with Crippen molar-refractivity contribution in [1.29, 1.82) is 0 Å². The molecule has 0 spiro atoms. The van der Waals surface area contributed by atoms with Crippen LogP contribution in [0.4, 0.5) is 0 Å². The summed E-state index contributed by atoms with van der Waals surface area (Å²) in [5.74, 6) is 0.835. The molecule has 0 amide bonds. The van der Waals surface area contributed by atoms with Gasteiger partial charge in [0.05, 0.1) is 11.4 Å². The zero-order valence-corrected chi connectivity index (χ0v) is 22.1. The predicted octanol–water partition coefficient (Wildman–Crippen LogP) is 3.47. The molecule has 1 saturated heterocycles. The van der Waals surface area contributed by atoms with Crippen LogP contribution >= 0.6 is 24.0 Å². The lowest BCUT2D eigenvalue weighted by Crippen LogP contribution is -2.40. The van der Waals surface area contributed by atoms with Crippen LogP contribution in [0.15, 0.2) is 64.5 Å². The number of halogens is 1. The largest absolute Gasteiger partial charge is 0.357 e. The van der Waals surface area contributed by atoms with E-state index in [0.29, 0.717) is 10.9 Å². The van der Waals surface area contributed by atoms with Crippen LogP contribution in [0.25, 0.3) is 0 Å². The highest BCUT2D eigenvalue weighted by Gasteiger charge is 2.24. The van der Waals surface area contributed by atoms with E-state index in [1.165, 1.54) is 24.7 Å². The maximum absolute atomic E-state index is 11.6. The molecule has 1 fully saturated rings. The minimum absolute atomic E-state index is 0. The number of aliphatic imine (C=N–C) groups is 1. The Morgan fingerprint density at radius 2 is 1.78 bits per heavy atom. The Bertz CT molecular complexity index is 950. The average molecular weight is 571 g/mol. The number of hydrogen-bond acceptors (Lipinski definition) is 4. The molecular weight excluding hydrogens is 535 g/mol. The summed E-state index contributed by atoms with van der Waals surface area (Å²) in [7, 11) is -3.15. The summed E-state index contributed by atoms with van der Waals surface area (Å²) in [5, 5.41) is 6.73. The van der Waals surface area contributed by atoms with Gasteiger partial charge in [0.2, 0.25) is 0 Å². The normalized spacial score (nSPS) is 17.1. The molecule has 0 saturated carbocycles. The summed E-state index contributed by atoms with van der Waals surface area (Å²) in [6, 6.07) is 18.2. The number of likely N-dealkylation sites (tertiary alicyclic amines) is 1. The van der Waals surface area contributed by atoms with E-state index in [4.69, 9.17) is 4.99 Å². The average Bonchev–Trinajstić information content (AvgIpc) is 3.19. The van der Waals surface area contributed by atoms with Gasteiger partial charge in [-0.1, -0.05) is 42.5 Å². The molecule has 2 aromatic carbocycles. The van der Waals surface area contributed by atoms with Crippen molar-refractivity contribution in [3.05, 3.63) is 65.7 Å². The SMILES string of the molecule is CCNC(=NCC1CCCN1Cc1ccccc1)NCCc1ccc(S(C)(=O)=O)cc1.I. The van der Waals surface area contributed by atoms with E-state index in [1.807, 2.05) is 12.1 Å². The smallest absolute Gasteiger partial charge is 0.191 e. The van der Waals surface area contributed by atoms with Gasteiger partial charge in [-0.05, 0) is 56.0 Å². The van der Waals surface area contributed by atoms with Crippen molar-refractivity contribution < 1.29 is 8.42 Å². The fourth-order valence-electron chi connectivity index (χ4n) is 3.89. The molecule has 1 aliphatic rings. The Morgan fingerprint density at radius 1 is 1.06 bits per heavy atom. The summed E-state index contributed by atoms with van der Waals surface area (Å²) in [4.78, 5) is 7.73. The summed E-state index contributed by atoms with van der Waals surface area (Å²) in [5.41, 5.74) is 2.45. The summed E-state index contributed by atoms with van der Waals surface area (Å²) in [6.45, 7) is 6.51. The second kappa shape index (κ2) is 13.2. The van der Waals surface area contributed by atoms with E-state index >= 15 is 0 Å². The first-order chi connectivity index (χ1) is 15.0. The second-order valence-electron chi connectivity index (χ2n) is 8.06. The molecule has 32 heavy (non-hydrogen) atoms. The zero-order chi connectivity index (χ0) is 22.1. The molecule has 1 aliphatic heterocycles. The molecule has 176 valence electrons. The lowest BCUT2D eigenvalue weighted by molar-refractivity contribution is 0.250. The Balaban J connectivity index is 0.00000363. The van der Waals surface area contributed by atoms with Crippen molar-refractivity contribution in [1.82, 2.24) is 15.5 Å². The summed E-state index contributed by atoms with van der Waals surface area (Å²) in [6.07, 6.45) is 4.44. The molecule has 0 aromatic heterocycles. The molecule has 0 radical (unpaired) electrons. The van der Waals surface area contributed by atoms with Crippen LogP contribution in [-0.4, -0.2) is 57.8 Å². The first-order valence-electron chi connectivity index (χ1n) is 11.0. The van der Waals surface area contributed by atoms with Gasteiger partial charge in [0.25, 0.3) is 0 Å². The second-order valence-corrected chi connectivity index (χ2v) is 10.1. The number of rotatable bonds is 9. The van der Waals surface area contributed by atoms with Gasteiger partial charge in [-0.3, -0.25) is 9.89 Å². The Labute approximate surface area is 209 Å². The molecule has 1 atom stereocenters. The van der Waals surface area contributed by atoms with Crippen LogP contribution in [0.3, 0.4) is 0 Å². The summed E-state index contributed by atoms with van der Waals surface area (Å²) < 4.78 is 23.2. The van der Waals surface area contributed by atoms with Crippen LogP contribution in [0.1, 0.15) is 30.9 Å². The number of nitrogens with one attached hydrogen (secondary N) is 2. The van der Waals surface area contributed by atoms with Gasteiger partial charge < -0.3 is 10.6 Å². The van der Waals surface area contributed by atoms with Crippen LogP contribution in [-0.2, 0) is 22.8 Å². The Kier molecular flexibility index (Phi) is 10.9. The molecule has 2 N–H and O–H groups in total. The molecule has 1 heterocycles. The first-order valence-corrected chi connectivity index (χ1v) is 12.9. The maximum Gasteiger partial charge on any atom is 0.191 e. The van der Waals surface area contributed by atoms with Crippen LogP contribution in [0.2, 0.25) is 0 Å². The number of sulfone groups is 1. The monoisotopic (exact) mass is 570 g/mol. The third-order valence-electron chi connectivity index (χ3n) is 5.59. The van der Waals surface area contributed by atoms with Gasteiger partial charge in [0.1, 0.15) is 0 Å². The lowest BCUT2D eigenvalue weighted by atomic mass is 10.1. The van der Waals surface area contributed by atoms with Gasteiger partial charge in [0.15, 0.2) is 15.8 Å². The number of benzene rings is 2. The van der Waals surface area contributed by atoms with E-state index in [-0.39, 0.29) is 24.0 Å². The molecule has 6 nitrogen and oxygen atoms in total. The highest BCUT2D eigenvalue weighted by molar-refractivity contribution is 14.0. The van der Waals surface area contributed by atoms with Gasteiger partial charge >= 0.3 is 0 Å². The highest BCUT2D eigenvalue weighted by atomic mass is 127. The standard InChI is InChI=1S/C24H34N4O2S.HI/c1-3-25-24(26-16-15-20-11-13-23(14-12-20)31(2,29)30)27-18-22-10-7-17-28(22)19-21-8-5-4-6-9-21;/h4-6,8-9,11-14,22H,3,7,10,15-19H2,1-2H3,(H2,25,26,27);1H. The van der Waals surface area contributed by atoms with E-state index < -0.39 is 9.84 Å². The quantitative estimate of drug-likeness (QED) is 0.275. The summed E-state index contributed by atoms with van der Waals surface area (Å²) >= 11 is 0. The van der Waals surface area contributed by atoms with E-state index in [0.717, 1.165) is 50.7 Å². The third kappa shape index (κ3) is 8.37. The molecule has 2 aromatic rings. The molecule has 8 heteroatoms. The topological polar surface area (TPSA) is 73.8 Å². The molecular formula is C24H35IN4O2S.